The molecule has 0 fully saturated rings. The smallest absolute Gasteiger partial charge is 0.348 e. The summed E-state index contributed by atoms with van der Waals surface area (Å²) in [6.07, 6.45) is 0.660. The Labute approximate surface area is 91.8 Å². The van der Waals surface area contributed by atoms with Crippen LogP contribution in [0.25, 0.3) is 0 Å². The average molecular weight is 229 g/mol. The van der Waals surface area contributed by atoms with Crippen LogP contribution in [0.2, 0.25) is 0 Å². The number of rotatable bonds is 2. The summed E-state index contributed by atoms with van der Waals surface area (Å²) in [7, 11) is 1.36. The van der Waals surface area contributed by atoms with E-state index in [-0.39, 0.29) is 5.97 Å². The van der Waals surface area contributed by atoms with Crippen molar-refractivity contribution in [3.05, 3.63) is 21.9 Å². The minimum Gasteiger partial charge on any atom is -0.465 e. The molecule has 1 heterocycles. The van der Waals surface area contributed by atoms with Gasteiger partial charge >= 0.3 is 5.97 Å². The van der Waals surface area contributed by atoms with Gasteiger partial charge in [0, 0.05) is 12.3 Å². The summed E-state index contributed by atoms with van der Waals surface area (Å²) in [5, 5.41) is 0. The maximum absolute atomic E-state index is 11.1. The van der Waals surface area contributed by atoms with E-state index in [0.717, 1.165) is 4.88 Å². The molecule has 1 aromatic rings. The number of carbonyl (C=O) groups excluding carboxylic acids is 1. The van der Waals surface area contributed by atoms with Crippen LogP contribution in [0.1, 0.15) is 21.0 Å². The SMILES string of the molecule is COC(=O)c1ccc(C#CCCCl)s1. The van der Waals surface area contributed by atoms with Crippen LogP contribution in [-0.2, 0) is 4.74 Å². The van der Waals surface area contributed by atoms with E-state index >= 15 is 0 Å². The van der Waals surface area contributed by atoms with Gasteiger partial charge in [0.15, 0.2) is 0 Å². The van der Waals surface area contributed by atoms with Crippen LogP contribution in [0.5, 0.6) is 0 Å². The fourth-order valence-electron chi connectivity index (χ4n) is 0.812. The molecule has 1 rings (SSSR count). The number of halogens is 1. The summed E-state index contributed by atoms with van der Waals surface area (Å²) in [4.78, 5) is 12.5. The zero-order chi connectivity index (χ0) is 10.4. The number of alkyl halides is 1. The molecule has 0 atom stereocenters. The Hall–Kier alpha value is -0.980. The van der Waals surface area contributed by atoms with Crippen LogP contribution in [0.3, 0.4) is 0 Å². The highest BCUT2D eigenvalue weighted by atomic mass is 35.5. The molecule has 0 aliphatic rings. The van der Waals surface area contributed by atoms with Crippen LogP contribution >= 0.6 is 22.9 Å². The Bertz CT molecular complexity index is 373. The average Bonchev–Trinajstić information content (AvgIpc) is 2.66. The first kappa shape index (κ1) is 11.1. The Morgan fingerprint density at radius 3 is 3.07 bits per heavy atom. The molecule has 0 bridgehead atoms. The third kappa shape index (κ3) is 3.06. The van der Waals surface area contributed by atoms with Crippen molar-refractivity contribution in [2.24, 2.45) is 0 Å². The molecule has 0 aromatic carbocycles. The molecule has 4 heteroatoms. The molecule has 0 amide bonds. The monoisotopic (exact) mass is 228 g/mol. The highest BCUT2D eigenvalue weighted by Gasteiger charge is 2.07. The van der Waals surface area contributed by atoms with E-state index < -0.39 is 0 Å². The van der Waals surface area contributed by atoms with Crippen molar-refractivity contribution in [1.29, 1.82) is 0 Å². The van der Waals surface area contributed by atoms with Gasteiger partial charge in [-0.15, -0.1) is 22.9 Å². The number of thiophene rings is 1. The number of carbonyl (C=O) groups is 1. The standard InChI is InChI=1S/C10H9ClO2S/c1-13-10(12)9-6-5-8(14-9)4-2-3-7-11/h5-6H,3,7H2,1H3. The Morgan fingerprint density at radius 2 is 2.43 bits per heavy atom. The van der Waals surface area contributed by atoms with Crippen molar-refractivity contribution in [3.63, 3.8) is 0 Å². The molecular formula is C10H9ClO2S. The fraction of sp³-hybridized carbons (Fsp3) is 0.300. The summed E-state index contributed by atoms with van der Waals surface area (Å²) >= 11 is 6.80. The summed E-state index contributed by atoms with van der Waals surface area (Å²) in [5.74, 6) is 6.03. The first-order valence-electron chi connectivity index (χ1n) is 4.01. The molecule has 0 spiro atoms. The number of esters is 1. The van der Waals surface area contributed by atoms with Crippen molar-refractivity contribution in [3.8, 4) is 11.8 Å². The van der Waals surface area contributed by atoms with Gasteiger partial charge in [-0.1, -0.05) is 11.8 Å². The lowest BCUT2D eigenvalue weighted by Crippen LogP contribution is -1.96. The normalized spacial score (nSPS) is 9.00. The van der Waals surface area contributed by atoms with Crippen LogP contribution in [0, 0.1) is 11.8 Å². The molecule has 0 N–H and O–H groups in total. The first-order chi connectivity index (χ1) is 6.77. The van der Waals surface area contributed by atoms with E-state index in [2.05, 4.69) is 16.6 Å². The molecule has 1 aromatic heterocycles. The lowest BCUT2D eigenvalue weighted by atomic mass is 10.4. The van der Waals surface area contributed by atoms with E-state index in [1.54, 1.807) is 12.1 Å². The Kier molecular flexibility index (Phi) is 4.51. The predicted molar refractivity (Wildman–Crippen MR) is 57.9 cm³/mol. The van der Waals surface area contributed by atoms with Gasteiger partial charge in [-0.25, -0.2) is 4.79 Å². The molecule has 0 aliphatic heterocycles. The minimum atomic E-state index is -0.319. The van der Waals surface area contributed by atoms with Gasteiger partial charge in [0.05, 0.1) is 12.0 Å². The fourth-order valence-corrected chi connectivity index (χ4v) is 1.71. The van der Waals surface area contributed by atoms with Gasteiger partial charge in [-0.3, -0.25) is 0 Å². The minimum absolute atomic E-state index is 0.319. The van der Waals surface area contributed by atoms with E-state index in [1.165, 1.54) is 18.4 Å². The lowest BCUT2D eigenvalue weighted by Gasteiger charge is -1.90. The molecule has 74 valence electrons. The molecule has 0 saturated heterocycles. The highest BCUT2D eigenvalue weighted by molar-refractivity contribution is 7.14. The molecule has 0 unspecified atom stereocenters. The van der Waals surface area contributed by atoms with Crippen LogP contribution < -0.4 is 0 Å². The van der Waals surface area contributed by atoms with Crippen molar-refractivity contribution < 1.29 is 9.53 Å². The quantitative estimate of drug-likeness (QED) is 0.442. The second-order valence-electron chi connectivity index (χ2n) is 2.40. The van der Waals surface area contributed by atoms with Gasteiger partial charge in [0.25, 0.3) is 0 Å². The number of ether oxygens (including phenoxy) is 1. The molecule has 2 nitrogen and oxygen atoms in total. The Balaban J connectivity index is 2.70. The van der Waals surface area contributed by atoms with Gasteiger partial charge in [-0.2, -0.15) is 0 Å². The zero-order valence-electron chi connectivity index (χ0n) is 7.67. The largest absolute Gasteiger partial charge is 0.465 e. The third-order valence-corrected chi connectivity index (χ3v) is 2.59. The van der Waals surface area contributed by atoms with E-state index in [9.17, 15) is 4.79 Å². The molecule has 0 aliphatic carbocycles. The molecule has 0 saturated carbocycles. The van der Waals surface area contributed by atoms with Crippen LogP contribution in [0.15, 0.2) is 12.1 Å². The molecule has 0 radical (unpaired) electrons. The van der Waals surface area contributed by atoms with Crippen molar-refractivity contribution >= 4 is 28.9 Å². The highest BCUT2D eigenvalue weighted by Crippen LogP contribution is 2.15. The predicted octanol–water partition coefficient (Wildman–Crippen LogP) is 2.52. The number of methoxy groups -OCH3 is 1. The van der Waals surface area contributed by atoms with Crippen LogP contribution in [0.4, 0.5) is 0 Å². The summed E-state index contributed by atoms with van der Waals surface area (Å²) < 4.78 is 4.58. The first-order valence-corrected chi connectivity index (χ1v) is 5.36. The maximum atomic E-state index is 11.1. The molecule has 14 heavy (non-hydrogen) atoms. The van der Waals surface area contributed by atoms with E-state index in [1.807, 2.05) is 0 Å². The maximum Gasteiger partial charge on any atom is 0.348 e. The molecular weight excluding hydrogens is 220 g/mol. The van der Waals surface area contributed by atoms with Crippen LogP contribution in [-0.4, -0.2) is 19.0 Å². The van der Waals surface area contributed by atoms with Gasteiger partial charge in [0.2, 0.25) is 0 Å². The third-order valence-electron chi connectivity index (χ3n) is 1.42. The Morgan fingerprint density at radius 1 is 1.64 bits per heavy atom. The number of hydrogen-bond acceptors (Lipinski definition) is 3. The second kappa shape index (κ2) is 5.69. The van der Waals surface area contributed by atoms with Gasteiger partial charge in [0.1, 0.15) is 4.88 Å². The van der Waals surface area contributed by atoms with Crippen molar-refractivity contribution in [2.45, 2.75) is 6.42 Å². The second-order valence-corrected chi connectivity index (χ2v) is 3.86. The zero-order valence-corrected chi connectivity index (χ0v) is 9.24. The topological polar surface area (TPSA) is 26.3 Å². The van der Waals surface area contributed by atoms with E-state index in [0.29, 0.717) is 17.2 Å². The number of hydrogen-bond donors (Lipinski definition) is 0. The van der Waals surface area contributed by atoms with Gasteiger partial charge < -0.3 is 4.74 Å². The summed E-state index contributed by atoms with van der Waals surface area (Å²) in [5.41, 5.74) is 0. The lowest BCUT2D eigenvalue weighted by molar-refractivity contribution is 0.0606. The summed E-state index contributed by atoms with van der Waals surface area (Å²) in [6, 6.07) is 3.51. The summed E-state index contributed by atoms with van der Waals surface area (Å²) in [6.45, 7) is 0. The van der Waals surface area contributed by atoms with Crippen molar-refractivity contribution in [2.75, 3.05) is 13.0 Å². The van der Waals surface area contributed by atoms with Crippen molar-refractivity contribution in [1.82, 2.24) is 0 Å². The van der Waals surface area contributed by atoms with Gasteiger partial charge in [-0.05, 0) is 12.1 Å². The van der Waals surface area contributed by atoms with E-state index in [4.69, 9.17) is 11.6 Å².